The maximum atomic E-state index is 5.63. The Balaban J connectivity index is 1.29. The second-order valence-corrected chi connectivity index (χ2v) is 7.53. The third-order valence-electron chi connectivity index (χ3n) is 5.35. The number of benzene rings is 3. The quantitative estimate of drug-likeness (QED) is 0.546. The van der Waals surface area contributed by atoms with Crippen LogP contribution in [0.3, 0.4) is 0 Å². The molecule has 0 aromatic heterocycles. The Morgan fingerprint density at radius 1 is 0.897 bits per heavy atom. The molecular weight excluding hydrogens is 358 g/mol. The summed E-state index contributed by atoms with van der Waals surface area (Å²) in [6.45, 7) is 7.85. The van der Waals surface area contributed by atoms with Crippen LogP contribution in [0.4, 0.5) is 0 Å². The van der Waals surface area contributed by atoms with Gasteiger partial charge in [-0.3, -0.25) is 9.91 Å². The van der Waals surface area contributed by atoms with Gasteiger partial charge in [-0.25, -0.2) is 0 Å². The molecule has 3 aromatic rings. The van der Waals surface area contributed by atoms with E-state index in [2.05, 4.69) is 76.5 Å². The van der Waals surface area contributed by atoms with E-state index in [-0.39, 0.29) is 0 Å². The van der Waals surface area contributed by atoms with E-state index in [4.69, 9.17) is 4.74 Å². The first kappa shape index (κ1) is 19.5. The van der Waals surface area contributed by atoms with Gasteiger partial charge >= 0.3 is 0 Å². The second-order valence-electron chi connectivity index (χ2n) is 7.53. The van der Waals surface area contributed by atoms with Crippen LogP contribution >= 0.6 is 0 Å². The first-order chi connectivity index (χ1) is 14.3. The van der Waals surface area contributed by atoms with Crippen LogP contribution in [0.1, 0.15) is 24.5 Å². The zero-order valence-corrected chi connectivity index (χ0v) is 17.1. The highest BCUT2D eigenvalue weighted by Crippen LogP contribution is 2.20. The lowest BCUT2D eigenvalue weighted by molar-refractivity contribution is 0.131. The van der Waals surface area contributed by atoms with Gasteiger partial charge in [0.25, 0.3) is 0 Å². The largest absolute Gasteiger partial charge is 0.494 e. The molecule has 4 nitrogen and oxygen atoms in total. The van der Waals surface area contributed by atoms with Crippen LogP contribution in [0.25, 0.3) is 10.8 Å². The third kappa shape index (κ3) is 5.15. The summed E-state index contributed by atoms with van der Waals surface area (Å²) in [6.07, 6.45) is 2.97. The molecule has 1 saturated heterocycles. The number of hydrazone groups is 1. The third-order valence-corrected chi connectivity index (χ3v) is 5.35. The molecule has 0 aliphatic carbocycles. The van der Waals surface area contributed by atoms with Crippen molar-refractivity contribution in [2.75, 3.05) is 32.8 Å². The van der Waals surface area contributed by atoms with Gasteiger partial charge in [0.15, 0.2) is 0 Å². The number of hydrogen-bond donors (Lipinski definition) is 0. The van der Waals surface area contributed by atoms with Crippen LogP contribution in [0.2, 0.25) is 0 Å². The average Bonchev–Trinajstić information content (AvgIpc) is 2.78. The molecule has 0 amide bonds. The Bertz CT molecular complexity index is 938. The van der Waals surface area contributed by atoms with Gasteiger partial charge in [0.1, 0.15) is 5.75 Å². The van der Waals surface area contributed by atoms with Gasteiger partial charge in [0.2, 0.25) is 0 Å². The minimum Gasteiger partial charge on any atom is -0.494 e. The summed E-state index contributed by atoms with van der Waals surface area (Å²) in [5.41, 5.74) is 2.51. The number of hydrogen-bond acceptors (Lipinski definition) is 4. The topological polar surface area (TPSA) is 28.1 Å². The maximum Gasteiger partial charge on any atom is 0.119 e. The fourth-order valence-corrected chi connectivity index (χ4v) is 3.70. The summed E-state index contributed by atoms with van der Waals surface area (Å²) < 4.78 is 5.63. The molecule has 0 unspecified atom stereocenters. The van der Waals surface area contributed by atoms with E-state index in [9.17, 15) is 0 Å². The van der Waals surface area contributed by atoms with E-state index in [0.717, 1.165) is 57.1 Å². The van der Waals surface area contributed by atoms with Crippen molar-refractivity contribution >= 4 is 17.0 Å². The van der Waals surface area contributed by atoms with Crippen molar-refractivity contribution in [2.24, 2.45) is 5.10 Å². The molecule has 4 rings (SSSR count). The van der Waals surface area contributed by atoms with E-state index in [0.29, 0.717) is 0 Å². The second kappa shape index (κ2) is 9.57. The minimum absolute atomic E-state index is 0.760. The van der Waals surface area contributed by atoms with Crippen LogP contribution in [-0.2, 0) is 6.54 Å². The molecule has 0 spiro atoms. The fourth-order valence-electron chi connectivity index (χ4n) is 3.70. The lowest BCUT2D eigenvalue weighted by Gasteiger charge is -2.33. The lowest BCUT2D eigenvalue weighted by atomic mass is 10.0. The Hall–Kier alpha value is -2.85. The molecule has 150 valence electrons. The van der Waals surface area contributed by atoms with Crippen LogP contribution in [0.15, 0.2) is 71.8 Å². The van der Waals surface area contributed by atoms with Crippen molar-refractivity contribution < 1.29 is 4.74 Å². The Morgan fingerprint density at radius 3 is 2.45 bits per heavy atom. The summed E-state index contributed by atoms with van der Waals surface area (Å²) in [5.74, 6) is 0.922. The Kier molecular flexibility index (Phi) is 6.42. The summed E-state index contributed by atoms with van der Waals surface area (Å²) >= 11 is 0. The predicted molar refractivity (Wildman–Crippen MR) is 121 cm³/mol. The molecule has 4 heteroatoms. The molecule has 1 heterocycles. The van der Waals surface area contributed by atoms with Crippen LogP contribution in [0, 0.1) is 0 Å². The number of fused-ring (bicyclic) bond motifs is 1. The van der Waals surface area contributed by atoms with Gasteiger partial charge in [-0.15, -0.1) is 0 Å². The first-order valence-electron chi connectivity index (χ1n) is 10.5. The highest BCUT2D eigenvalue weighted by atomic mass is 16.5. The standard InChI is InChI=1S/C25H29N3O/c1-2-18-29-24-12-10-21(11-13-24)19-26-28-16-14-27(15-17-28)20-23-8-5-7-22-6-3-4-9-25(22)23/h3-13,19H,2,14-18,20H2,1H3. The minimum atomic E-state index is 0.760. The van der Waals surface area contributed by atoms with Gasteiger partial charge in [0.05, 0.1) is 12.8 Å². The van der Waals surface area contributed by atoms with Crippen molar-refractivity contribution in [3.8, 4) is 5.75 Å². The van der Waals surface area contributed by atoms with Crippen molar-refractivity contribution in [3.05, 3.63) is 77.9 Å². The van der Waals surface area contributed by atoms with E-state index in [1.807, 2.05) is 18.3 Å². The van der Waals surface area contributed by atoms with E-state index in [1.165, 1.54) is 16.3 Å². The summed E-state index contributed by atoms with van der Waals surface area (Å²) in [6, 6.07) is 23.4. The summed E-state index contributed by atoms with van der Waals surface area (Å²) in [5, 5.41) is 9.53. The number of piperazine rings is 1. The molecular formula is C25H29N3O. The van der Waals surface area contributed by atoms with Crippen molar-refractivity contribution in [2.45, 2.75) is 19.9 Å². The summed E-state index contributed by atoms with van der Waals surface area (Å²) in [4.78, 5) is 2.52. The monoisotopic (exact) mass is 387 g/mol. The Labute approximate surface area is 173 Å². The van der Waals surface area contributed by atoms with Crippen molar-refractivity contribution in [3.63, 3.8) is 0 Å². The zero-order valence-electron chi connectivity index (χ0n) is 17.1. The van der Waals surface area contributed by atoms with Gasteiger partial charge in [-0.2, -0.15) is 5.10 Å². The molecule has 29 heavy (non-hydrogen) atoms. The van der Waals surface area contributed by atoms with Gasteiger partial charge in [0, 0.05) is 32.7 Å². The van der Waals surface area contributed by atoms with Crippen molar-refractivity contribution in [1.29, 1.82) is 0 Å². The molecule has 0 bridgehead atoms. The molecule has 1 aliphatic heterocycles. The number of nitrogens with zero attached hydrogens (tertiary/aromatic N) is 3. The molecule has 1 aliphatic rings. The van der Waals surface area contributed by atoms with Crippen molar-refractivity contribution in [1.82, 2.24) is 9.91 Å². The van der Waals surface area contributed by atoms with Crippen LogP contribution < -0.4 is 4.74 Å². The zero-order chi connectivity index (χ0) is 19.9. The van der Waals surface area contributed by atoms with Gasteiger partial charge in [-0.05, 0) is 52.6 Å². The van der Waals surface area contributed by atoms with E-state index < -0.39 is 0 Å². The number of ether oxygens (including phenoxy) is 1. The molecule has 0 N–H and O–H groups in total. The number of rotatable bonds is 7. The van der Waals surface area contributed by atoms with Gasteiger partial charge < -0.3 is 4.74 Å². The molecule has 3 aromatic carbocycles. The van der Waals surface area contributed by atoms with Crippen LogP contribution in [-0.4, -0.2) is 48.9 Å². The smallest absolute Gasteiger partial charge is 0.119 e. The van der Waals surface area contributed by atoms with Crippen LogP contribution in [0.5, 0.6) is 5.75 Å². The Morgan fingerprint density at radius 2 is 1.66 bits per heavy atom. The highest BCUT2D eigenvalue weighted by Gasteiger charge is 2.16. The molecule has 0 atom stereocenters. The molecule has 0 saturated carbocycles. The fraction of sp³-hybridized carbons (Fsp3) is 0.320. The van der Waals surface area contributed by atoms with E-state index >= 15 is 0 Å². The average molecular weight is 388 g/mol. The summed E-state index contributed by atoms with van der Waals surface area (Å²) in [7, 11) is 0. The van der Waals surface area contributed by atoms with Gasteiger partial charge in [-0.1, -0.05) is 49.4 Å². The predicted octanol–water partition coefficient (Wildman–Crippen LogP) is 4.78. The highest BCUT2D eigenvalue weighted by molar-refractivity contribution is 5.85. The first-order valence-corrected chi connectivity index (χ1v) is 10.5. The molecule has 1 fully saturated rings. The van der Waals surface area contributed by atoms with E-state index in [1.54, 1.807) is 0 Å². The maximum absolute atomic E-state index is 5.63. The molecule has 0 radical (unpaired) electrons. The normalized spacial score (nSPS) is 15.3. The lowest BCUT2D eigenvalue weighted by Crippen LogP contribution is -2.43. The SMILES string of the molecule is CCCOc1ccc(C=NN2CCN(Cc3cccc4ccccc34)CC2)cc1.